The summed E-state index contributed by atoms with van der Waals surface area (Å²) in [5.74, 6) is -2.68. The lowest BCUT2D eigenvalue weighted by molar-refractivity contribution is -0.140. The van der Waals surface area contributed by atoms with Crippen LogP contribution in [0.4, 0.5) is 18.0 Å². The number of benzene rings is 1. The molecule has 2 heterocycles. The molecule has 0 unspecified atom stereocenters. The van der Waals surface area contributed by atoms with E-state index in [0.29, 0.717) is 5.69 Å². The van der Waals surface area contributed by atoms with Crippen molar-refractivity contribution in [2.24, 2.45) is 0 Å². The number of halogens is 3. The number of alkyl halides is 3. The standard InChI is InChI=1S/C25H30F3N5O7/c1-2-39-24(38)32-13-11-31(12-14-32)23(37)18(8-9-21(34)35)29-22(36)19-16-20(40-15-10-25(26,27)28)33(30-19)17-6-4-3-5-7-17/h3-7,16,18H,2,8-15H2,1H3,(H,29,36)(H,34,35)/t18-/m0/s1. The highest BCUT2D eigenvalue weighted by molar-refractivity contribution is 5.96. The van der Waals surface area contributed by atoms with Crippen molar-refractivity contribution >= 4 is 23.9 Å². The first-order chi connectivity index (χ1) is 19.0. The molecule has 218 valence electrons. The summed E-state index contributed by atoms with van der Waals surface area (Å²) in [6.45, 7) is 1.87. The Bertz CT molecular complexity index is 1180. The van der Waals surface area contributed by atoms with Gasteiger partial charge < -0.3 is 29.7 Å². The van der Waals surface area contributed by atoms with Crippen LogP contribution in [0, 0.1) is 0 Å². The minimum absolute atomic E-state index is 0.121. The van der Waals surface area contributed by atoms with Crippen molar-refractivity contribution in [2.75, 3.05) is 39.4 Å². The number of nitrogens with zero attached hydrogens (tertiary/aromatic N) is 4. The molecule has 1 aliphatic heterocycles. The third-order valence-electron chi connectivity index (χ3n) is 5.91. The Morgan fingerprint density at radius 1 is 1.07 bits per heavy atom. The van der Waals surface area contributed by atoms with E-state index in [1.54, 1.807) is 37.3 Å². The van der Waals surface area contributed by atoms with Gasteiger partial charge in [-0.15, -0.1) is 0 Å². The number of piperazine rings is 1. The van der Waals surface area contributed by atoms with E-state index >= 15 is 0 Å². The van der Waals surface area contributed by atoms with Crippen molar-refractivity contribution in [3.63, 3.8) is 0 Å². The van der Waals surface area contributed by atoms with Gasteiger partial charge in [-0.25, -0.2) is 9.48 Å². The number of hydrogen-bond donors (Lipinski definition) is 2. The van der Waals surface area contributed by atoms with Crippen LogP contribution in [0.5, 0.6) is 5.88 Å². The number of carboxylic acids is 1. The Hall–Kier alpha value is -4.30. The first-order valence-corrected chi connectivity index (χ1v) is 12.6. The summed E-state index contributed by atoms with van der Waals surface area (Å²) in [5.41, 5.74) is 0.174. The molecule has 1 fully saturated rings. The molecule has 0 aliphatic carbocycles. The van der Waals surface area contributed by atoms with Crippen molar-refractivity contribution in [3.05, 3.63) is 42.1 Å². The Morgan fingerprint density at radius 3 is 2.33 bits per heavy atom. The molecule has 40 heavy (non-hydrogen) atoms. The van der Waals surface area contributed by atoms with Gasteiger partial charge in [-0.3, -0.25) is 14.4 Å². The minimum Gasteiger partial charge on any atom is -0.481 e. The third kappa shape index (κ3) is 8.61. The van der Waals surface area contributed by atoms with Crippen LogP contribution in [0.3, 0.4) is 0 Å². The average Bonchev–Trinajstić information content (AvgIpc) is 3.34. The number of aliphatic carboxylic acids is 1. The zero-order valence-electron chi connectivity index (χ0n) is 21.7. The van der Waals surface area contributed by atoms with Crippen LogP contribution in [-0.2, 0) is 14.3 Å². The number of hydrogen-bond acceptors (Lipinski definition) is 7. The van der Waals surface area contributed by atoms with Gasteiger partial charge >= 0.3 is 18.2 Å². The van der Waals surface area contributed by atoms with Crippen LogP contribution in [-0.4, -0.2) is 100 Å². The molecule has 1 aromatic heterocycles. The second kappa shape index (κ2) is 13.7. The second-order valence-corrected chi connectivity index (χ2v) is 8.80. The molecule has 15 heteroatoms. The smallest absolute Gasteiger partial charge is 0.409 e. The Labute approximate surface area is 227 Å². The van der Waals surface area contributed by atoms with E-state index in [4.69, 9.17) is 14.6 Å². The van der Waals surface area contributed by atoms with Crippen molar-refractivity contribution in [1.82, 2.24) is 24.9 Å². The van der Waals surface area contributed by atoms with Gasteiger partial charge in [0.1, 0.15) is 6.04 Å². The first kappa shape index (κ1) is 30.2. The SMILES string of the molecule is CCOC(=O)N1CCN(C(=O)[C@H](CCC(=O)O)NC(=O)c2cc(OCCC(F)(F)F)n(-c3ccccc3)n2)CC1. The number of para-hydroxylation sites is 1. The lowest BCUT2D eigenvalue weighted by Gasteiger charge is -2.35. The molecule has 1 atom stereocenters. The molecule has 2 N–H and O–H groups in total. The van der Waals surface area contributed by atoms with E-state index in [0.717, 1.165) is 10.7 Å². The van der Waals surface area contributed by atoms with Crippen molar-refractivity contribution in [1.29, 1.82) is 0 Å². The monoisotopic (exact) mass is 569 g/mol. The van der Waals surface area contributed by atoms with E-state index in [1.807, 2.05) is 0 Å². The van der Waals surface area contributed by atoms with Crippen molar-refractivity contribution in [2.45, 2.75) is 38.4 Å². The van der Waals surface area contributed by atoms with Gasteiger partial charge in [-0.2, -0.15) is 18.3 Å². The van der Waals surface area contributed by atoms with Gasteiger partial charge in [-0.05, 0) is 25.5 Å². The highest BCUT2D eigenvalue weighted by atomic mass is 19.4. The molecule has 1 aliphatic rings. The fraction of sp³-hybridized carbons (Fsp3) is 0.480. The fourth-order valence-corrected chi connectivity index (χ4v) is 3.91. The van der Waals surface area contributed by atoms with Crippen LogP contribution in [0.15, 0.2) is 36.4 Å². The number of carboxylic acid groups (broad SMARTS) is 1. The van der Waals surface area contributed by atoms with E-state index in [1.165, 1.54) is 9.80 Å². The Morgan fingerprint density at radius 2 is 1.73 bits per heavy atom. The van der Waals surface area contributed by atoms with E-state index in [9.17, 15) is 32.3 Å². The molecule has 3 rings (SSSR count). The van der Waals surface area contributed by atoms with Gasteiger partial charge in [0, 0.05) is 38.7 Å². The van der Waals surface area contributed by atoms with Gasteiger partial charge in [0.15, 0.2) is 5.69 Å². The average molecular weight is 570 g/mol. The van der Waals surface area contributed by atoms with Crippen LogP contribution >= 0.6 is 0 Å². The summed E-state index contributed by atoms with van der Waals surface area (Å²) in [6.07, 6.45) is -6.80. The predicted octanol–water partition coefficient (Wildman–Crippen LogP) is 2.47. The van der Waals surface area contributed by atoms with Crippen LogP contribution in [0.1, 0.15) is 36.7 Å². The molecule has 0 radical (unpaired) electrons. The summed E-state index contributed by atoms with van der Waals surface area (Å²) < 4.78 is 49.3. The predicted molar refractivity (Wildman–Crippen MR) is 133 cm³/mol. The molecule has 0 bridgehead atoms. The number of nitrogens with one attached hydrogen (secondary N) is 1. The molecule has 0 saturated carbocycles. The number of carbonyl (C=O) groups excluding carboxylic acids is 3. The zero-order chi connectivity index (χ0) is 29.3. The molecule has 1 saturated heterocycles. The number of rotatable bonds is 11. The maximum Gasteiger partial charge on any atom is 0.409 e. The normalized spacial score (nSPS) is 14.4. The minimum atomic E-state index is -4.45. The summed E-state index contributed by atoms with van der Waals surface area (Å²) >= 11 is 0. The highest BCUT2D eigenvalue weighted by Gasteiger charge is 2.32. The Balaban J connectivity index is 1.76. The quantitative estimate of drug-likeness (QED) is 0.420. The van der Waals surface area contributed by atoms with Gasteiger partial charge in [-0.1, -0.05) is 18.2 Å². The summed E-state index contributed by atoms with van der Waals surface area (Å²) in [4.78, 5) is 52.4. The Kier molecular flexibility index (Phi) is 10.3. The van der Waals surface area contributed by atoms with Crippen LogP contribution < -0.4 is 10.1 Å². The molecule has 0 spiro atoms. The van der Waals surface area contributed by atoms with Crippen LogP contribution in [0.25, 0.3) is 5.69 Å². The number of carbonyl (C=O) groups is 4. The molecule has 2 aromatic rings. The van der Waals surface area contributed by atoms with E-state index < -0.39 is 55.5 Å². The van der Waals surface area contributed by atoms with E-state index in [-0.39, 0.29) is 50.8 Å². The molecule has 1 aromatic carbocycles. The first-order valence-electron chi connectivity index (χ1n) is 12.6. The third-order valence-corrected chi connectivity index (χ3v) is 5.91. The summed E-state index contributed by atoms with van der Waals surface area (Å²) in [6, 6.07) is 8.19. The lowest BCUT2D eigenvalue weighted by atomic mass is 10.1. The molecule has 12 nitrogen and oxygen atoms in total. The molecule has 3 amide bonds. The summed E-state index contributed by atoms with van der Waals surface area (Å²) in [7, 11) is 0. The number of amides is 3. The molecular weight excluding hydrogens is 539 g/mol. The van der Waals surface area contributed by atoms with Gasteiger partial charge in [0.25, 0.3) is 5.91 Å². The summed E-state index contributed by atoms with van der Waals surface area (Å²) in [5, 5.41) is 15.8. The highest BCUT2D eigenvalue weighted by Crippen LogP contribution is 2.23. The maximum absolute atomic E-state index is 13.2. The van der Waals surface area contributed by atoms with E-state index in [2.05, 4.69) is 10.4 Å². The lowest BCUT2D eigenvalue weighted by Crippen LogP contribution is -2.56. The van der Waals surface area contributed by atoms with Crippen molar-refractivity contribution < 1.29 is 46.9 Å². The number of ether oxygens (including phenoxy) is 2. The second-order valence-electron chi connectivity index (χ2n) is 8.80. The van der Waals surface area contributed by atoms with Crippen LogP contribution in [0.2, 0.25) is 0 Å². The topological polar surface area (TPSA) is 143 Å². The number of aromatic nitrogens is 2. The van der Waals surface area contributed by atoms with Gasteiger partial charge in [0.2, 0.25) is 11.8 Å². The van der Waals surface area contributed by atoms with Crippen molar-refractivity contribution in [3.8, 4) is 11.6 Å². The largest absolute Gasteiger partial charge is 0.481 e. The fourth-order valence-electron chi connectivity index (χ4n) is 3.91. The maximum atomic E-state index is 13.2. The molecular formula is C25H30F3N5O7. The zero-order valence-corrected chi connectivity index (χ0v) is 21.7. The van der Waals surface area contributed by atoms with Gasteiger partial charge in [0.05, 0.1) is 25.3 Å².